The average Bonchev–Trinajstić information content (AvgIpc) is 2.66. The number of nitrogens with zero attached hydrogens (tertiary/aromatic N) is 1. The van der Waals surface area contributed by atoms with E-state index in [1.54, 1.807) is 18.2 Å². The summed E-state index contributed by atoms with van der Waals surface area (Å²) in [4.78, 5) is 14.4. The Balaban J connectivity index is 2.14. The van der Waals surface area contributed by atoms with Crippen molar-refractivity contribution >= 4 is 17.9 Å². The van der Waals surface area contributed by atoms with Gasteiger partial charge in [0.2, 0.25) is 5.91 Å². The molecule has 2 aromatic carbocycles. The molecule has 1 aliphatic heterocycles. The molecular formula is C22H23F2N3O. The lowest BCUT2D eigenvalue weighted by atomic mass is 9.73. The molecule has 1 amide bonds. The van der Waals surface area contributed by atoms with Crippen molar-refractivity contribution in [1.29, 1.82) is 5.41 Å². The molecule has 1 fully saturated rings. The van der Waals surface area contributed by atoms with Crippen molar-refractivity contribution < 1.29 is 13.6 Å². The van der Waals surface area contributed by atoms with Crippen molar-refractivity contribution in [3.8, 4) is 0 Å². The number of nitrogens with one attached hydrogen (secondary N) is 2. The summed E-state index contributed by atoms with van der Waals surface area (Å²) in [5, 5.41) is 11.3. The number of hydrogen-bond donors (Lipinski definition) is 2. The fraction of sp³-hybridized carbons (Fsp3) is 0.273. The fourth-order valence-corrected chi connectivity index (χ4v) is 3.62. The number of benzene rings is 2. The van der Waals surface area contributed by atoms with Crippen molar-refractivity contribution in [1.82, 2.24) is 10.2 Å². The Bertz CT molecular complexity index is 934. The van der Waals surface area contributed by atoms with Gasteiger partial charge in [0.1, 0.15) is 0 Å². The second kappa shape index (κ2) is 6.86. The van der Waals surface area contributed by atoms with Crippen LogP contribution >= 0.6 is 0 Å². The molecular weight excluding hydrogens is 360 g/mol. The van der Waals surface area contributed by atoms with Gasteiger partial charge >= 0.3 is 0 Å². The van der Waals surface area contributed by atoms with E-state index in [0.29, 0.717) is 5.56 Å². The van der Waals surface area contributed by atoms with Crippen molar-refractivity contribution in [2.24, 2.45) is 0 Å². The molecule has 28 heavy (non-hydrogen) atoms. The highest BCUT2D eigenvalue weighted by molar-refractivity contribution is 6.02. The molecule has 0 aliphatic carbocycles. The first-order chi connectivity index (χ1) is 13.1. The van der Waals surface area contributed by atoms with Crippen LogP contribution in [0.2, 0.25) is 0 Å². The highest BCUT2D eigenvalue weighted by Gasteiger charge is 2.48. The molecule has 2 aromatic rings. The van der Waals surface area contributed by atoms with E-state index in [0.717, 1.165) is 18.1 Å². The van der Waals surface area contributed by atoms with Crippen LogP contribution in [0.5, 0.6) is 0 Å². The van der Waals surface area contributed by atoms with Crippen molar-refractivity contribution in [2.45, 2.75) is 31.2 Å². The minimum atomic E-state index is -2.95. The second-order valence-electron chi connectivity index (χ2n) is 7.35. The van der Waals surface area contributed by atoms with Gasteiger partial charge in [-0.15, -0.1) is 0 Å². The number of rotatable bonds is 4. The molecule has 0 unspecified atom stereocenters. The largest absolute Gasteiger partial charge is 0.346 e. The van der Waals surface area contributed by atoms with Crippen molar-refractivity contribution in [2.75, 3.05) is 7.05 Å². The summed E-state index contributed by atoms with van der Waals surface area (Å²) in [6.07, 6.45) is 1.71. The summed E-state index contributed by atoms with van der Waals surface area (Å²) >= 11 is 0. The van der Waals surface area contributed by atoms with Crippen LogP contribution in [0.3, 0.4) is 0 Å². The Morgan fingerprint density at radius 2 is 1.89 bits per heavy atom. The molecule has 0 aromatic heterocycles. The van der Waals surface area contributed by atoms with Crippen LogP contribution in [0.4, 0.5) is 8.78 Å². The molecule has 1 saturated heterocycles. The molecule has 4 nitrogen and oxygen atoms in total. The molecule has 1 heterocycles. The maximum absolute atomic E-state index is 13.6. The summed E-state index contributed by atoms with van der Waals surface area (Å²) in [7, 11) is 1.53. The van der Waals surface area contributed by atoms with Crippen molar-refractivity contribution in [3.63, 3.8) is 0 Å². The monoisotopic (exact) mass is 383 g/mol. The minimum Gasteiger partial charge on any atom is -0.346 e. The van der Waals surface area contributed by atoms with E-state index in [2.05, 4.69) is 11.9 Å². The third kappa shape index (κ3) is 3.30. The quantitative estimate of drug-likeness (QED) is 0.820. The number of guanidine groups is 1. The van der Waals surface area contributed by atoms with E-state index in [4.69, 9.17) is 5.41 Å². The average molecular weight is 383 g/mol. The lowest BCUT2D eigenvalue weighted by Gasteiger charge is -2.46. The van der Waals surface area contributed by atoms with Crippen LogP contribution in [-0.4, -0.2) is 23.8 Å². The summed E-state index contributed by atoms with van der Waals surface area (Å²) in [6, 6.07) is 13.4. The summed E-state index contributed by atoms with van der Waals surface area (Å²) < 4.78 is 27.2. The molecule has 2 N–H and O–H groups in total. The normalized spacial score (nSPS) is 22.8. The smallest absolute Gasteiger partial charge is 0.270 e. The molecule has 2 atom stereocenters. The molecule has 3 rings (SSSR count). The molecule has 0 bridgehead atoms. The van der Waals surface area contributed by atoms with E-state index in [9.17, 15) is 13.6 Å². The van der Waals surface area contributed by atoms with Gasteiger partial charge in [-0.2, -0.15) is 0 Å². The Labute approximate surface area is 163 Å². The molecule has 0 saturated carbocycles. The lowest BCUT2D eigenvalue weighted by molar-refractivity contribution is -0.131. The first-order valence-corrected chi connectivity index (χ1v) is 8.93. The van der Waals surface area contributed by atoms with Crippen molar-refractivity contribution in [3.05, 3.63) is 77.4 Å². The topological polar surface area (TPSA) is 56.2 Å². The van der Waals surface area contributed by atoms with Crippen LogP contribution in [-0.2, 0) is 16.3 Å². The number of carbonyl (C=O) groups excluding carboxylic acids is 1. The molecule has 0 spiro atoms. The van der Waals surface area contributed by atoms with E-state index in [1.807, 2.05) is 31.2 Å². The number of carbonyl (C=O) groups is 1. The second-order valence-corrected chi connectivity index (χ2v) is 7.35. The first kappa shape index (κ1) is 19.7. The van der Waals surface area contributed by atoms with Crippen LogP contribution in [0.25, 0.3) is 6.08 Å². The summed E-state index contributed by atoms with van der Waals surface area (Å²) in [6.45, 7) is 6.47. The number of alkyl halides is 2. The van der Waals surface area contributed by atoms with Crippen LogP contribution in [0.1, 0.15) is 42.0 Å². The van der Waals surface area contributed by atoms with E-state index < -0.39 is 17.4 Å². The first-order valence-electron chi connectivity index (χ1n) is 8.93. The highest BCUT2D eigenvalue weighted by atomic mass is 19.3. The van der Waals surface area contributed by atoms with Gasteiger partial charge in [0, 0.05) is 19.5 Å². The minimum absolute atomic E-state index is 0.00975. The SMILES string of the molecule is C=Cc1cccc([C@@]2(C)NC(=N)N(C)C(=O)[C@@H]2c2ccc(C(C)(F)F)cc2)c1. The molecule has 1 aliphatic rings. The highest BCUT2D eigenvalue weighted by Crippen LogP contribution is 2.41. The fourth-order valence-electron chi connectivity index (χ4n) is 3.62. The molecule has 6 heteroatoms. The number of halogens is 2. The Kier molecular flexibility index (Phi) is 4.83. The Morgan fingerprint density at radius 3 is 2.46 bits per heavy atom. The zero-order valence-corrected chi connectivity index (χ0v) is 16.1. The Morgan fingerprint density at radius 1 is 1.25 bits per heavy atom. The third-order valence-electron chi connectivity index (χ3n) is 5.34. The summed E-state index contributed by atoms with van der Waals surface area (Å²) in [5.41, 5.74) is 1.28. The van der Waals surface area contributed by atoms with E-state index in [-0.39, 0.29) is 17.4 Å². The van der Waals surface area contributed by atoms with E-state index in [1.165, 1.54) is 24.1 Å². The van der Waals surface area contributed by atoms with Gasteiger partial charge in [-0.1, -0.05) is 55.1 Å². The molecule has 0 radical (unpaired) electrons. The zero-order chi connectivity index (χ0) is 20.7. The maximum Gasteiger partial charge on any atom is 0.270 e. The van der Waals surface area contributed by atoms with Gasteiger partial charge in [-0.05, 0) is 29.7 Å². The van der Waals surface area contributed by atoms with Gasteiger partial charge < -0.3 is 5.32 Å². The van der Waals surface area contributed by atoms with Gasteiger partial charge in [0.05, 0.1) is 11.5 Å². The number of likely N-dealkylation sites (N-methyl/N-ethyl adjacent to an activating group) is 1. The molecule has 146 valence electrons. The summed E-state index contributed by atoms with van der Waals surface area (Å²) in [5.74, 6) is -3.92. The van der Waals surface area contributed by atoms with Gasteiger partial charge in [0.15, 0.2) is 5.96 Å². The predicted molar refractivity (Wildman–Crippen MR) is 106 cm³/mol. The van der Waals surface area contributed by atoms with E-state index >= 15 is 0 Å². The standard InChI is InChI=1S/C22H23F2N3O/c1-5-14-7-6-8-17(13-14)21(2)18(19(28)27(4)20(25)26-21)15-9-11-16(12-10-15)22(3,23)24/h5-13,18H,1H2,2-4H3,(H2,25,26)/t18-,21+/m0/s1. The van der Waals surface area contributed by atoms with Gasteiger partial charge in [-0.3, -0.25) is 15.1 Å². The third-order valence-corrected chi connectivity index (χ3v) is 5.34. The van der Waals surface area contributed by atoms with Gasteiger partial charge in [-0.25, -0.2) is 8.78 Å². The van der Waals surface area contributed by atoms with Crippen LogP contribution in [0, 0.1) is 5.41 Å². The van der Waals surface area contributed by atoms with Gasteiger partial charge in [0.25, 0.3) is 5.92 Å². The number of hydrogen-bond acceptors (Lipinski definition) is 2. The predicted octanol–water partition coefficient (Wildman–Crippen LogP) is 4.44. The Hall–Kier alpha value is -3.02. The van der Waals surface area contributed by atoms with Crippen LogP contribution < -0.4 is 5.32 Å². The zero-order valence-electron chi connectivity index (χ0n) is 16.1. The van der Waals surface area contributed by atoms with Crippen LogP contribution in [0.15, 0.2) is 55.1 Å². The maximum atomic E-state index is 13.6. The number of amides is 1. The lowest BCUT2D eigenvalue weighted by Crippen LogP contribution is -2.62.